The van der Waals surface area contributed by atoms with Crippen molar-refractivity contribution in [2.75, 3.05) is 5.32 Å². The Hall–Kier alpha value is -2.60. The smallest absolute Gasteiger partial charge is 0.308 e. The third-order valence-corrected chi connectivity index (χ3v) is 5.68. The lowest BCUT2D eigenvalue weighted by atomic mass is 10.1. The van der Waals surface area contributed by atoms with Crippen molar-refractivity contribution in [3.05, 3.63) is 57.2 Å². The molecule has 5 nitrogen and oxygen atoms in total. The Bertz CT molecular complexity index is 1040. The second kappa shape index (κ2) is 7.96. The number of fused-ring (bicyclic) bond motifs is 1. The second-order valence-corrected chi connectivity index (χ2v) is 7.49. The number of benzene rings is 2. The molecule has 0 saturated heterocycles. The predicted octanol–water partition coefficient (Wildman–Crippen LogP) is 4.50. The summed E-state index contributed by atoms with van der Waals surface area (Å²) < 4.78 is 8.56. The zero-order valence-electron chi connectivity index (χ0n) is 16.0. The van der Waals surface area contributed by atoms with E-state index in [0.29, 0.717) is 18.7 Å². The van der Waals surface area contributed by atoms with Gasteiger partial charge in [0, 0.05) is 12.2 Å². The molecule has 1 amide bonds. The van der Waals surface area contributed by atoms with Gasteiger partial charge in [0.1, 0.15) is 5.75 Å². The maximum absolute atomic E-state index is 12.7. The number of aryl methyl sites for hydroxylation is 2. The molecule has 0 bridgehead atoms. The van der Waals surface area contributed by atoms with Crippen molar-refractivity contribution in [2.24, 2.45) is 0 Å². The number of carbonyl (C=O) groups is 1. The Morgan fingerprint density at radius 1 is 1.22 bits per heavy atom. The molecule has 1 N–H and O–H groups in total. The molecule has 2 aromatic carbocycles. The highest BCUT2D eigenvalue weighted by Crippen LogP contribution is 2.24. The highest BCUT2D eigenvalue weighted by atomic mass is 32.1. The molecule has 3 rings (SSSR count). The van der Waals surface area contributed by atoms with Crippen molar-refractivity contribution < 1.29 is 9.53 Å². The third kappa shape index (κ3) is 3.90. The SMILES string of the molecule is CC[C@@H](Oc1cccc(C)c1C)C(=O)Nc1ccc2c(c1)sc(=O)n2CC. The van der Waals surface area contributed by atoms with E-state index in [1.54, 1.807) is 4.57 Å². The van der Waals surface area contributed by atoms with Crippen molar-refractivity contribution in [2.45, 2.75) is 46.8 Å². The van der Waals surface area contributed by atoms with Crippen LogP contribution in [-0.4, -0.2) is 16.6 Å². The summed E-state index contributed by atoms with van der Waals surface area (Å²) in [5.41, 5.74) is 3.73. The molecule has 0 saturated carbocycles. The third-order valence-electron chi connectivity index (χ3n) is 4.74. The van der Waals surface area contributed by atoms with E-state index >= 15 is 0 Å². The number of aromatic nitrogens is 1. The molecule has 1 aromatic heterocycles. The van der Waals surface area contributed by atoms with Crippen molar-refractivity contribution in [3.63, 3.8) is 0 Å². The normalized spacial score (nSPS) is 12.1. The Morgan fingerprint density at radius 3 is 2.70 bits per heavy atom. The van der Waals surface area contributed by atoms with Crippen LogP contribution in [0.25, 0.3) is 10.2 Å². The van der Waals surface area contributed by atoms with Crippen LogP contribution in [0.15, 0.2) is 41.2 Å². The zero-order chi connectivity index (χ0) is 19.6. The number of rotatable bonds is 6. The number of hydrogen-bond donors (Lipinski definition) is 1. The van der Waals surface area contributed by atoms with Gasteiger partial charge in [-0.15, -0.1) is 0 Å². The fraction of sp³-hybridized carbons (Fsp3) is 0.333. The van der Waals surface area contributed by atoms with Gasteiger partial charge < -0.3 is 10.1 Å². The largest absolute Gasteiger partial charge is 0.480 e. The van der Waals surface area contributed by atoms with E-state index in [2.05, 4.69) is 5.32 Å². The highest BCUT2D eigenvalue weighted by Gasteiger charge is 2.20. The van der Waals surface area contributed by atoms with E-state index in [1.165, 1.54) is 11.3 Å². The number of ether oxygens (including phenoxy) is 1. The average Bonchev–Trinajstić information content (AvgIpc) is 2.96. The molecule has 1 atom stereocenters. The van der Waals surface area contributed by atoms with E-state index in [-0.39, 0.29) is 10.8 Å². The summed E-state index contributed by atoms with van der Waals surface area (Å²) in [5.74, 6) is 0.533. The molecular formula is C21H24N2O3S. The maximum Gasteiger partial charge on any atom is 0.308 e. The summed E-state index contributed by atoms with van der Waals surface area (Å²) in [7, 11) is 0. The Labute approximate surface area is 162 Å². The molecule has 0 aliphatic rings. The molecule has 0 fully saturated rings. The van der Waals surface area contributed by atoms with Gasteiger partial charge in [-0.1, -0.05) is 30.4 Å². The first-order valence-electron chi connectivity index (χ1n) is 9.11. The van der Waals surface area contributed by atoms with Gasteiger partial charge in [0.05, 0.1) is 10.2 Å². The number of nitrogens with one attached hydrogen (secondary N) is 1. The minimum absolute atomic E-state index is 0.0145. The van der Waals surface area contributed by atoms with Crippen LogP contribution in [0.4, 0.5) is 5.69 Å². The lowest BCUT2D eigenvalue weighted by Gasteiger charge is -2.19. The summed E-state index contributed by atoms with van der Waals surface area (Å²) >= 11 is 1.19. The van der Waals surface area contributed by atoms with Gasteiger partial charge in [-0.2, -0.15) is 0 Å². The second-order valence-electron chi connectivity index (χ2n) is 6.50. The van der Waals surface area contributed by atoms with Crippen molar-refractivity contribution >= 4 is 33.1 Å². The number of nitrogens with zero attached hydrogens (tertiary/aromatic N) is 1. The van der Waals surface area contributed by atoms with E-state index in [1.807, 2.05) is 64.1 Å². The van der Waals surface area contributed by atoms with Crippen molar-refractivity contribution in [1.29, 1.82) is 0 Å². The quantitative estimate of drug-likeness (QED) is 0.681. The van der Waals surface area contributed by atoms with Gasteiger partial charge in [0.25, 0.3) is 5.91 Å². The summed E-state index contributed by atoms with van der Waals surface area (Å²) in [6, 6.07) is 11.4. The fourth-order valence-electron chi connectivity index (χ4n) is 2.99. The minimum atomic E-state index is -0.583. The Balaban J connectivity index is 1.79. The van der Waals surface area contributed by atoms with E-state index in [0.717, 1.165) is 27.1 Å². The van der Waals surface area contributed by atoms with Crippen LogP contribution < -0.4 is 14.9 Å². The molecule has 6 heteroatoms. The molecule has 3 aromatic rings. The predicted molar refractivity (Wildman–Crippen MR) is 111 cm³/mol. The van der Waals surface area contributed by atoms with E-state index in [9.17, 15) is 9.59 Å². The van der Waals surface area contributed by atoms with Crippen LogP contribution in [0, 0.1) is 13.8 Å². The van der Waals surface area contributed by atoms with Crippen LogP contribution >= 0.6 is 11.3 Å². The lowest BCUT2D eigenvalue weighted by molar-refractivity contribution is -0.122. The molecular weight excluding hydrogens is 360 g/mol. The summed E-state index contributed by atoms with van der Waals surface area (Å²) in [5, 5.41) is 2.92. The minimum Gasteiger partial charge on any atom is -0.480 e. The van der Waals surface area contributed by atoms with Gasteiger partial charge in [-0.25, -0.2) is 0 Å². The topological polar surface area (TPSA) is 60.3 Å². The molecule has 0 aliphatic heterocycles. The van der Waals surface area contributed by atoms with Gasteiger partial charge in [0.2, 0.25) is 0 Å². The molecule has 1 heterocycles. The van der Waals surface area contributed by atoms with Gasteiger partial charge in [-0.3, -0.25) is 14.2 Å². The van der Waals surface area contributed by atoms with Gasteiger partial charge >= 0.3 is 4.87 Å². The zero-order valence-corrected chi connectivity index (χ0v) is 16.9. The molecule has 0 aliphatic carbocycles. The maximum atomic E-state index is 12.7. The van der Waals surface area contributed by atoms with Gasteiger partial charge in [-0.05, 0) is 62.6 Å². The van der Waals surface area contributed by atoms with Crippen LogP contribution in [0.3, 0.4) is 0 Å². The molecule has 0 radical (unpaired) electrons. The van der Waals surface area contributed by atoms with Gasteiger partial charge in [0.15, 0.2) is 6.10 Å². The number of thiazole rings is 1. The summed E-state index contributed by atoms with van der Waals surface area (Å²) in [4.78, 5) is 24.7. The van der Waals surface area contributed by atoms with Crippen LogP contribution in [-0.2, 0) is 11.3 Å². The monoisotopic (exact) mass is 384 g/mol. The van der Waals surface area contributed by atoms with Crippen LogP contribution in [0.2, 0.25) is 0 Å². The molecule has 0 unspecified atom stereocenters. The fourth-order valence-corrected chi connectivity index (χ4v) is 3.99. The first-order valence-corrected chi connectivity index (χ1v) is 9.93. The van der Waals surface area contributed by atoms with E-state index < -0.39 is 6.10 Å². The number of hydrogen-bond acceptors (Lipinski definition) is 4. The first kappa shape index (κ1) is 19.2. The molecule has 27 heavy (non-hydrogen) atoms. The van der Waals surface area contributed by atoms with Crippen molar-refractivity contribution in [1.82, 2.24) is 4.57 Å². The van der Waals surface area contributed by atoms with Crippen molar-refractivity contribution in [3.8, 4) is 5.75 Å². The first-order chi connectivity index (χ1) is 12.9. The average molecular weight is 385 g/mol. The summed E-state index contributed by atoms with van der Waals surface area (Å²) in [6.07, 6.45) is -0.0266. The molecule has 0 spiro atoms. The lowest BCUT2D eigenvalue weighted by Crippen LogP contribution is -2.32. The Morgan fingerprint density at radius 2 is 2.00 bits per heavy atom. The Kier molecular flexibility index (Phi) is 5.65. The van der Waals surface area contributed by atoms with Crippen LogP contribution in [0.1, 0.15) is 31.4 Å². The molecule has 142 valence electrons. The van der Waals surface area contributed by atoms with E-state index in [4.69, 9.17) is 4.74 Å². The highest BCUT2D eigenvalue weighted by molar-refractivity contribution is 7.16. The number of amides is 1. The van der Waals surface area contributed by atoms with Crippen LogP contribution in [0.5, 0.6) is 5.75 Å². The number of carbonyl (C=O) groups excluding carboxylic acids is 1. The standard InChI is InChI=1S/C21H24N2O3S/c1-5-17(26-18-9-7-8-13(3)14(18)4)20(24)22-15-10-11-16-19(12-15)27-21(25)23(16)6-2/h7-12,17H,5-6H2,1-4H3,(H,22,24)/t17-/m1/s1. The number of anilines is 1. The summed E-state index contributed by atoms with van der Waals surface area (Å²) in [6.45, 7) is 8.51.